The van der Waals surface area contributed by atoms with Crippen LogP contribution in [-0.2, 0) is 5.41 Å². The van der Waals surface area contributed by atoms with Gasteiger partial charge in [-0.2, -0.15) is 0 Å². The first kappa shape index (κ1) is 29.3. The first-order chi connectivity index (χ1) is 24.6. The van der Waals surface area contributed by atoms with Crippen molar-refractivity contribution in [2.75, 3.05) is 0 Å². The summed E-state index contributed by atoms with van der Waals surface area (Å²) in [5.74, 6) is 4.06. The van der Waals surface area contributed by atoms with Gasteiger partial charge in [0.05, 0.1) is 11.0 Å². The molecule has 2 saturated carbocycles. The number of hydrogen-bond donors (Lipinski definition) is 0. The van der Waals surface area contributed by atoms with Gasteiger partial charge in [0.2, 0.25) is 0 Å². The van der Waals surface area contributed by atoms with Crippen molar-refractivity contribution < 1.29 is 0 Å². The van der Waals surface area contributed by atoms with Crippen molar-refractivity contribution in [1.82, 2.24) is 19.5 Å². The van der Waals surface area contributed by atoms with E-state index in [1.807, 2.05) is 6.07 Å². The third-order valence-corrected chi connectivity index (χ3v) is 11.5. The molecule has 0 radical (unpaired) electrons. The third kappa shape index (κ3) is 4.85. The van der Waals surface area contributed by atoms with Crippen molar-refractivity contribution in [1.29, 1.82) is 0 Å². The van der Waals surface area contributed by atoms with Crippen LogP contribution in [-0.4, -0.2) is 19.5 Å². The van der Waals surface area contributed by atoms with E-state index in [1.54, 1.807) is 0 Å². The van der Waals surface area contributed by atoms with E-state index < -0.39 is 0 Å². The summed E-state index contributed by atoms with van der Waals surface area (Å²) in [5, 5.41) is 5.07. The molecule has 8 aromatic rings. The Kier molecular flexibility index (Phi) is 6.74. The minimum absolute atomic E-state index is 0.0182. The zero-order valence-electron chi connectivity index (χ0n) is 28.3. The summed E-state index contributed by atoms with van der Waals surface area (Å²) < 4.78 is 2.42. The van der Waals surface area contributed by atoms with Gasteiger partial charge in [0.25, 0.3) is 0 Å². The van der Waals surface area contributed by atoms with Gasteiger partial charge in [-0.05, 0) is 65.8 Å². The van der Waals surface area contributed by atoms with Gasteiger partial charge in [-0.1, -0.05) is 141 Å². The van der Waals surface area contributed by atoms with Gasteiger partial charge in [0.1, 0.15) is 5.82 Å². The van der Waals surface area contributed by atoms with Gasteiger partial charge in [-0.25, -0.2) is 15.0 Å². The number of hydrogen-bond acceptors (Lipinski definition) is 3. The van der Waals surface area contributed by atoms with E-state index in [2.05, 4.69) is 145 Å². The third-order valence-electron chi connectivity index (χ3n) is 11.5. The number of benzene rings is 6. The molecule has 242 valence electrons. The van der Waals surface area contributed by atoms with Crippen LogP contribution in [0.4, 0.5) is 0 Å². The predicted octanol–water partition coefficient (Wildman–Crippen LogP) is 11.6. The highest BCUT2D eigenvalue weighted by atomic mass is 15.0. The van der Waals surface area contributed by atoms with E-state index >= 15 is 0 Å². The van der Waals surface area contributed by atoms with Crippen LogP contribution >= 0.6 is 0 Å². The van der Waals surface area contributed by atoms with Gasteiger partial charge in [-0.3, -0.25) is 0 Å². The largest absolute Gasteiger partial charge is 0.309 e. The number of aromatic nitrogens is 4. The molecule has 4 heteroatoms. The quantitative estimate of drug-likeness (QED) is 0.187. The van der Waals surface area contributed by atoms with Crippen LogP contribution in [0.2, 0.25) is 0 Å². The molecule has 0 N–H and O–H groups in total. The minimum atomic E-state index is -0.0182. The average Bonchev–Trinajstić information content (AvgIpc) is 3.71. The SMILES string of the molecule is CC1(c2nc(-c3ccccc3)nc(-c3ccc(-c4ccc(-n5c6ccccc6c6ccc7ccccc7c65)cc4)cc3)n2)CC2CC[C@@H](C2)C1. The lowest BCUT2D eigenvalue weighted by Gasteiger charge is -2.36. The fourth-order valence-electron chi connectivity index (χ4n) is 9.19. The van der Waals surface area contributed by atoms with E-state index in [1.165, 1.54) is 75.8 Å². The molecule has 2 aliphatic carbocycles. The van der Waals surface area contributed by atoms with E-state index in [0.29, 0.717) is 0 Å². The molecule has 2 fully saturated rings. The summed E-state index contributed by atoms with van der Waals surface area (Å²) in [6.45, 7) is 2.39. The van der Waals surface area contributed by atoms with Gasteiger partial charge in [0, 0.05) is 38.4 Å². The van der Waals surface area contributed by atoms with Gasteiger partial charge in [0.15, 0.2) is 11.6 Å². The van der Waals surface area contributed by atoms with Crippen LogP contribution in [0.5, 0.6) is 0 Å². The smallest absolute Gasteiger partial charge is 0.163 e. The van der Waals surface area contributed by atoms with E-state index in [4.69, 9.17) is 15.0 Å². The van der Waals surface area contributed by atoms with Crippen molar-refractivity contribution in [2.45, 2.75) is 44.4 Å². The maximum Gasteiger partial charge on any atom is 0.163 e. The van der Waals surface area contributed by atoms with Crippen LogP contribution < -0.4 is 0 Å². The van der Waals surface area contributed by atoms with E-state index in [-0.39, 0.29) is 5.41 Å². The molecule has 4 nitrogen and oxygen atoms in total. The van der Waals surface area contributed by atoms with Gasteiger partial charge >= 0.3 is 0 Å². The lowest BCUT2D eigenvalue weighted by molar-refractivity contribution is 0.221. The minimum Gasteiger partial charge on any atom is -0.309 e. The molecule has 2 aliphatic rings. The Balaban J connectivity index is 1.01. The predicted molar refractivity (Wildman–Crippen MR) is 205 cm³/mol. The Hall–Kier alpha value is -5.61. The Morgan fingerprint density at radius 2 is 1.10 bits per heavy atom. The van der Waals surface area contributed by atoms with Crippen molar-refractivity contribution in [3.8, 4) is 39.6 Å². The molecule has 3 atom stereocenters. The molecule has 0 amide bonds. The summed E-state index contributed by atoms with van der Waals surface area (Å²) in [7, 11) is 0. The molecule has 0 spiro atoms. The first-order valence-electron chi connectivity index (χ1n) is 18.0. The van der Waals surface area contributed by atoms with E-state index in [0.717, 1.165) is 46.1 Å². The summed E-state index contributed by atoms with van der Waals surface area (Å²) in [6.07, 6.45) is 6.41. The van der Waals surface area contributed by atoms with Gasteiger partial charge < -0.3 is 4.57 Å². The second kappa shape index (κ2) is 11.5. The standard InChI is InChI=1S/C46H38N4/c1-46(28-30-15-16-31(27-30)29-46)45-48-43(35-10-3-2-4-11-35)47-44(49-45)36-19-17-32(18-20-36)33-21-24-37(25-22-33)50-41-14-8-7-13-39(41)40-26-23-34-9-5-6-12-38(34)42(40)50/h2-14,17-26,30-31H,15-16,27-29H2,1H3/t30-,31?,46?/m0/s1. The molecule has 2 aromatic heterocycles. The molecule has 0 saturated heterocycles. The number of fused-ring (bicyclic) bond motifs is 7. The molecule has 2 unspecified atom stereocenters. The maximum atomic E-state index is 5.21. The fraction of sp³-hybridized carbons (Fsp3) is 0.196. The Bertz CT molecular complexity index is 2520. The Labute approximate surface area is 292 Å². The molecular formula is C46H38N4. The molecule has 2 bridgehead atoms. The second-order valence-electron chi connectivity index (χ2n) is 14.8. The highest BCUT2D eigenvalue weighted by molar-refractivity contribution is 6.18. The van der Waals surface area contributed by atoms with Crippen molar-refractivity contribution in [2.24, 2.45) is 11.8 Å². The van der Waals surface area contributed by atoms with Crippen LogP contribution in [0, 0.1) is 11.8 Å². The Morgan fingerprint density at radius 1 is 0.520 bits per heavy atom. The van der Waals surface area contributed by atoms with Crippen LogP contribution in [0.3, 0.4) is 0 Å². The lowest BCUT2D eigenvalue weighted by atomic mass is 9.69. The van der Waals surface area contributed by atoms with E-state index in [9.17, 15) is 0 Å². The first-order valence-corrected chi connectivity index (χ1v) is 18.0. The zero-order valence-corrected chi connectivity index (χ0v) is 28.3. The van der Waals surface area contributed by atoms with Gasteiger partial charge in [-0.15, -0.1) is 0 Å². The highest BCUT2D eigenvalue weighted by Gasteiger charge is 2.44. The summed E-state index contributed by atoms with van der Waals surface area (Å²) in [4.78, 5) is 15.4. The second-order valence-corrected chi connectivity index (χ2v) is 14.8. The topological polar surface area (TPSA) is 43.6 Å². The molecule has 2 heterocycles. The molecular weight excluding hydrogens is 609 g/mol. The van der Waals surface area contributed by atoms with Crippen molar-refractivity contribution in [3.05, 3.63) is 145 Å². The average molecular weight is 647 g/mol. The fourth-order valence-corrected chi connectivity index (χ4v) is 9.19. The monoisotopic (exact) mass is 646 g/mol. The molecule has 0 aliphatic heterocycles. The van der Waals surface area contributed by atoms with Crippen LogP contribution in [0.1, 0.15) is 44.9 Å². The number of para-hydroxylation sites is 1. The summed E-state index contributed by atoms with van der Waals surface area (Å²) in [6, 6.07) is 50.0. The number of rotatable bonds is 5. The Morgan fingerprint density at radius 3 is 1.82 bits per heavy atom. The zero-order chi connectivity index (χ0) is 33.2. The number of nitrogens with zero attached hydrogens (tertiary/aromatic N) is 4. The lowest BCUT2D eigenvalue weighted by Crippen LogP contribution is -2.33. The maximum absolute atomic E-state index is 5.21. The van der Waals surface area contributed by atoms with Crippen molar-refractivity contribution >= 4 is 32.6 Å². The molecule has 50 heavy (non-hydrogen) atoms. The summed E-state index contributed by atoms with van der Waals surface area (Å²) >= 11 is 0. The van der Waals surface area contributed by atoms with Crippen molar-refractivity contribution in [3.63, 3.8) is 0 Å². The normalized spacial score (nSPS) is 20.2. The molecule has 10 rings (SSSR count). The van der Waals surface area contributed by atoms with Crippen LogP contribution in [0.15, 0.2) is 140 Å². The molecule has 6 aromatic carbocycles. The highest BCUT2D eigenvalue weighted by Crippen LogP contribution is 2.51. The summed E-state index contributed by atoms with van der Waals surface area (Å²) in [5.41, 5.74) is 8.01. The van der Waals surface area contributed by atoms with Crippen LogP contribution in [0.25, 0.3) is 72.2 Å².